The van der Waals surface area contributed by atoms with Gasteiger partial charge in [-0.3, -0.25) is 4.40 Å². The highest BCUT2D eigenvalue weighted by molar-refractivity contribution is 9.10. The number of benzene rings is 1. The molecule has 0 aliphatic heterocycles. The van der Waals surface area contributed by atoms with Crippen molar-refractivity contribution in [2.75, 3.05) is 0 Å². The average Bonchev–Trinajstić information content (AvgIpc) is 2.79. The first-order chi connectivity index (χ1) is 9.29. The normalized spacial score (nSPS) is 11.4. The number of halogens is 1. The van der Waals surface area contributed by atoms with Crippen LogP contribution in [0.15, 0.2) is 58.2 Å². The molecule has 94 valence electrons. The van der Waals surface area contributed by atoms with E-state index in [2.05, 4.69) is 26.0 Å². The Labute approximate surface area is 118 Å². The second-order valence-corrected chi connectivity index (χ2v) is 4.98. The van der Waals surface area contributed by atoms with Gasteiger partial charge in [-0.2, -0.15) is 5.10 Å². The third kappa shape index (κ3) is 2.13. The van der Waals surface area contributed by atoms with Crippen LogP contribution in [0.2, 0.25) is 0 Å². The summed E-state index contributed by atoms with van der Waals surface area (Å²) in [5.74, 6) is 6.10. The minimum Gasteiger partial charge on any atom is -0.323 e. The van der Waals surface area contributed by atoms with E-state index in [4.69, 9.17) is 5.84 Å². The monoisotopic (exact) mass is 314 g/mol. The van der Waals surface area contributed by atoms with Gasteiger partial charge in [0.05, 0.1) is 11.7 Å². The highest BCUT2D eigenvalue weighted by atomic mass is 79.9. The van der Waals surface area contributed by atoms with Crippen molar-refractivity contribution < 1.29 is 0 Å². The van der Waals surface area contributed by atoms with Crippen LogP contribution in [0.1, 0.15) is 5.69 Å². The molecule has 0 spiro atoms. The summed E-state index contributed by atoms with van der Waals surface area (Å²) in [7, 11) is 0. The molecule has 0 saturated heterocycles. The highest BCUT2D eigenvalue weighted by Gasteiger charge is 2.10. The predicted octanol–water partition coefficient (Wildman–Crippen LogP) is 3.06. The number of nitrogens with two attached hydrogens (primary N) is 1. The summed E-state index contributed by atoms with van der Waals surface area (Å²) >= 11 is 3.48. The summed E-state index contributed by atoms with van der Waals surface area (Å²) in [6.45, 7) is 0. The van der Waals surface area contributed by atoms with Crippen LogP contribution in [0, 0.1) is 0 Å². The Morgan fingerprint density at radius 2 is 2.11 bits per heavy atom. The molecule has 0 atom stereocenters. The first-order valence-corrected chi connectivity index (χ1v) is 6.55. The minimum atomic E-state index is 0.762. The topological polar surface area (TPSA) is 55.7 Å². The van der Waals surface area contributed by atoms with Crippen LogP contribution in [0.5, 0.6) is 0 Å². The lowest BCUT2D eigenvalue weighted by Gasteiger charge is -2.01. The van der Waals surface area contributed by atoms with E-state index in [0.29, 0.717) is 0 Å². The molecule has 0 radical (unpaired) electrons. The molecule has 3 aromatic rings. The van der Waals surface area contributed by atoms with Crippen LogP contribution in [0.25, 0.3) is 16.9 Å². The number of hydrogen-bond donors (Lipinski definition) is 1. The van der Waals surface area contributed by atoms with E-state index >= 15 is 0 Å². The summed E-state index contributed by atoms with van der Waals surface area (Å²) in [4.78, 5) is 4.60. The number of hydrogen-bond acceptors (Lipinski definition) is 3. The van der Waals surface area contributed by atoms with Crippen LogP contribution < -0.4 is 5.84 Å². The molecule has 0 bridgehead atoms. The van der Waals surface area contributed by atoms with Crippen LogP contribution in [0.4, 0.5) is 0 Å². The van der Waals surface area contributed by atoms with Crippen molar-refractivity contribution in [1.29, 1.82) is 0 Å². The van der Waals surface area contributed by atoms with Crippen molar-refractivity contribution in [2.24, 2.45) is 10.9 Å². The molecule has 5 heteroatoms. The van der Waals surface area contributed by atoms with Crippen molar-refractivity contribution in [3.63, 3.8) is 0 Å². The van der Waals surface area contributed by atoms with Gasteiger partial charge in [-0.25, -0.2) is 4.98 Å². The predicted molar refractivity (Wildman–Crippen MR) is 80.1 cm³/mol. The lowest BCUT2D eigenvalue weighted by Crippen LogP contribution is -1.88. The summed E-state index contributed by atoms with van der Waals surface area (Å²) < 4.78 is 3.05. The molecule has 2 N–H and O–H groups in total. The van der Waals surface area contributed by atoms with Crippen molar-refractivity contribution in [3.05, 3.63) is 58.8 Å². The van der Waals surface area contributed by atoms with E-state index < -0.39 is 0 Å². The molecule has 0 fully saturated rings. The zero-order valence-electron chi connectivity index (χ0n) is 9.99. The molecule has 19 heavy (non-hydrogen) atoms. The van der Waals surface area contributed by atoms with Crippen molar-refractivity contribution in [1.82, 2.24) is 9.38 Å². The van der Waals surface area contributed by atoms with Gasteiger partial charge in [0.15, 0.2) is 0 Å². The quantitative estimate of drug-likeness (QED) is 0.449. The summed E-state index contributed by atoms with van der Waals surface area (Å²) in [5, 5.41) is 3.57. The second kappa shape index (κ2) is 4.85. The van der Waals surface area contributed by atoms with Gasteiger partial charge in [0.25, 0.3) is 0 Å². The number of rotatable bonds is 2. The third-order valence-electron chi connectivity index (χ3n) is 2.86. The average molecular weight is 315 g/mol. The van der Waals surface area contributed by atoms with Crippen LogP contribution >= 0.6 is 15.9 Å². The number of fused-ring (bicyclic) bond motifs is 1. The van der Waals surface area contributed by atoms with E-state index in [0.717, 1.165) is 27.1 Å². The minimum absolute atomic E-state index is 0.762. The van der Waals surface area contributed by atoms with E-state index in [-0.39, 0.29) is 0 Å². The van der Waals surface area contributed by atoms with Gasteiger partial charge in [0.2, 0.25) is 0 Å². The Hall–Kier alpha value is -2.14. The maximum Gasteiger partial charge on any atom is 0.145 e. The van der Waals surface area contributed by atoms with Crippen LogP contribution in [0.3, 0.4) is 0 Å². The smallest absolute Gasteiger partial charge is 0.145 e. The largest absolute Gasteiger partial charge is 0.323 e. The fourth-order valence-corrected chi connectivity index (χ4v) is 2.46. The summed E-state index contributed by atoms with van der Waals surface area (Å²) in [6.07, 6.45) is 3.54. The molecular formula is C14H11BrN4. The zero-order chi connectivity index (χ0) is 13.2. The highest BCUT2D eigenvalue weighted by Crippen LogP contribution is 2.24. The molecule has 1 aromatic carbocycles. The molecule has 4 nitrogen and oxygen atoms in total. The van der Waals surface area contributed by atoms with Crippen LogP contribution in [-0.4, -0.2) is 15.6 Å². The Morgan fingerprint density at radius 3 is 2.89 bits per heavy atom. The summed E-state index contributed by atoms with van der Waals surface area (Å²) in [5.41, 5.74) is 2.77. The SMILES string of the molecule is NN=Cc1nc(-c2cccc(Br)c2)n2ccccc12. The van der Waals surface area contributed by atoms with Gasteiger partial charge in [0, 0.05) is 16.2 Å². The zero-order valence-corrected chi connectivity index (χ0v) is 11.6. The summed E-state index contributed by atoms with van der Waals surface area (Å²) in [6, 6.07) is 14.0. The first-order valence-electron chi connectivity index (χ1n) is 5.76. The maximum atomic E-state index is 5.24. The van der Waals surface area contributed by atoms with Crippen molar-refractivity contribution >= 4 is 27.7 Å². The number of aromatic nitrogens is 2. The van der Waals surface area contributed by atoms with Crippen molar-refractivity contribution in [2.45, 2.75) is 0 Å². The van der Waals surface area contributed by atoms with Gasteiger partial charge < -0.3 is 5.84 Å². The molecule has 2 heterocycles. The van der Waals surface area contributed by atoms with E-state index in [1.807, 2.05) is 53.1 Å². The fourth-order valence-electron chi connectivity index (χ4n) is 2.06. The van der Waals surface area contributed by atoms with Gasteiger partial charge >= 0.3 is 0 Å². The Kier molecular flexibility index (Phi) is 3.05. The molecule has 0 aliphatic carbocycles. The van der Waals surface area contributed by atoms with Gasteiger partial charge in [-0.1, -0.05) is 34.1 Å². The molecule has 0 aliphatic rings. The Morgan fingerprint density at radius 1 is 1.21 bits per heavy atom. The molecule has 3 rings (SSSR count). The lowest BCUT2D eigenvalue weighted by molar-refractivity contribution is 1.16. The van der Waals surface area contributed by atoms with Gasteiger partial charge in [0.1, 0.15) is 11.5 Å². The maximum absolute atomic E-state index is 5.24. The lowest BCUT2D eigenvalue weighted by atomic mass is 10.2. The number of hydrazone groups is 1. The van der Waals surface area contributed by atoms with Crippen LogP contribution in [-0.2, 0) is 0 Å². The fraction of sp³-hybridized carbons (Fsp3) is 0. The van der Waals surface area contributed by atoms with E-state index in [1.54, 1.807) is 6.21 Å². The van der Waals surface area contributed by atoms with E-state index in [9.17, 15) is 0 Å². The number of nitrogens with zero attached hydrogens (tertiary/aromatic N) is 3. The molecule has 0 saturated carbocycles. The third-order valence-corrected chi connectivity index (χ3v) is 3.35. The number of imidazole rings is 1. The number of pyridine rings is 1. The Balaban J connectivity index is 2.29. The van der Waals surface area contributed by atoms with Crippen molar-refractivity contribution in [3.8, 4) is 11.4 Å². The molecule has 0 unspecified atom stereocenters. The second-order valence-electron chi connectivity index (χ2n) is 4.07. The molecule has 0 amide bonds. The standard InChI is InChI=1S/C14H11BrN4/c15-11-5-3-4-10(8-11)14-18-12(9-17-16)13-6-1-2-7-19(13)14/h1-9H,16H2. The van der Waals surface area contributed by atoms with Gasteiger partial charge in [-0.15, -0.1) is 0 Å². The molecule has 2 aromatic heterocycles. The van der Waals surface area contributed by atoms with Gasteiger partial charge in [-0.05, 0) is 24.3 Å². The van der Waals surface area contributed by atoms with E-state index in [1.165, 1.54) is 0 Å². The Bertz CT molecular complexity index is 761. The molecular weight excluding hydrogens is 304 g/mol. The first kappa shape index (κ1) is 11.9.